The first-order valence-electron chi connectivity index (χ1n) is 6.92. The highest BCUT2D eigenvalue weighted by molar-refractivity contribution is 6.31. The zero-order valence-electron chi connectivity index (χ0n) is 12.3. The Morgan fingerprint density at radius 2 is 2.06 bits per heavy atom. The van der Waals surface area contributed by atoms with Crippen LogP contribution in [0, 0.1) is 5.41 Å². The van der Waals surface area contributed by atoms with Gasteiger partial charge in [-0.15, -0.1) is 0 Å². The minimum Gasteiger partial charge on any atom is -0.308 e. The maximum atomic E-state index is 6.34. The summed E-state index contributed by atoms with van der Waals surface area (Å²) in [4.78, 5) is 0. The first-order chi connectivity index (χ1) is 8.47. The molecule has 1 rings (SSSR count). The van der Waals surface area contributed by atoms with Crippen LogP contribution in [0.3, 0.4) is 0 Å². The van der Waals surface area contributed by atoms with Gasteiger partial charge in [-0.05, 0) is 31.7 Å². The van der Waals surface area contributed by atoms with E-state index in [-0.39, 0.29) is 11.5 Å². The SMILES string of the molecule is CCCNC(c1c(Cl)cnn1CC)C(C)(C)CC. The van der Waals surface area contributed by atoms with Gasteiger partial charge in [-0.2, -0.15) is 5.10 Å². The molecule has 0 aliphatic rings. The number of hydrogen-bond donors (Lipinski definition) is 1. The van der Waals surface area contributed by atoms with E-state index in [9.17, 15) is 0 Å². The molecule has 104 valence electrons. The maximum absolute atomic E-state index is 6.34. The quantitative estimate of drug-likeness (QED) is 0.811. The first-order valence-corrected chi connectivity index (χ1v) is 7.30. The third kappa shape index (κ3) is 3.27. The van der Waals surface area contributed by atoms with Crippen molar-refractivity contribution in [1.82, 2.24) is 15.1 Å². The van der Waals surface area contributed by atoms with Crippen molar-refractivity contribution < 1.29 is 0 Å². The monoisotopic (exact) mass is 271 g/mol. The zero-order chi connectivity index (χ0) is 13.8. The van der Waals surface area contributed by atoms with Crippen LogP contribution < -0.4 is 5.32 Å². The van der Waals surface area contributed by atoms with Crippen molar-refractivity contribution in [3.05, 3.63) is 16.9 Å². The molecule has 1 aromatic heterocycles. The Bertz CT molecular complexity index is 371. The molecule has 0 radical (unpaired) electrons. The lowest BCUT2D eigenvalue weighted by Crippen LogP contribution is -2.36. The Morgan fingerprint density at radius 3 is 2.56 bits per heavy atom. The average molecular weight is 272 g/mol. The highest BCUT2D eigenvalue weighted by Gasteiger charge is 2.32. The molecule has 3 nitrogen and oxygen atoms in total. The van der Waals surface area contributed by atoms with E-state index in [2.05, 4.69) is 45.0 Å². The smallest absolute Gasteiger partial charge is 0.0834 e. The van der Waals surface area contributed by atoms with E-state index in [1.807, 2.05) is 4.68 Å². The van der Waals surface area contributed by atoms with Gasteiger partial charge in [-0.3, -0.25) is 4.68 Å². The summed E-state index contributed by atoms with van der Waals surface area (Å²) in [6, 6.07) is 0.248. The van der Waals surface area contributed by atoms with E-state index in [0.717, 1.165) is 36.6 Å². The van der Waals surface area contributed by atoms with Gasteiger partial charge in [0.05, 0.1) is 23.0 Å². The summed E-state index contributed by atoms with van der Waals surface area (Å²) in [6.45, 7) is 12.9. The van der Waals surface area contributed by atoms with Crippen LogP contribution in [0.5, 0.6) is 0 Å². The number of nitrogens with one attached hydrogen (secondary N) is 1. The standard InChI is InChI=1S/C14H26ClN3/c1-6-9-16-13(14(4,5)7-2)12-11(15)10-17-18(12)8-3/h10,13,16H,6-9H2,1-5H3. The van der Waals surface area contributed by atoms with Gasteiger partial charge >= 0.3 is 0 Å². The number of aryl methyl sites for hydroxylation is 1. The predicted molar refractivity (Wildman–Crippen MR) is 78.0 cm³/mol. The normalized spacial score (nSPS) is 13.9. The molecule has 0 saturated carbocycles. The molecule has 0 spiro atoms. The Balaban J connectivity index is 3.12. The Hall–Kier alpha value is -0.540. The highest BCUT2D eigenvalue weighted by atomic mass is 35.5. The van der Waals surface area contributed by atoms with Crippen LogP contribution in [-0.2, 0) is 6.54 Å². The third-order valence-electron chi connectivity index (χ3n) is 3.70. The second-order valence-electron chi connectivity index (χ2n) is 5.42. The van der Waals surface area contributed by atoms with Crippen LogP contribution in [0.2, 0.25) is 5.02 Å². The van der Waals surface area contributed by atoms with Crippen molar-refractivity contribution in [1.29, 1.82) is 0 Å². The van der Waals surface area contributed by atoms with Crippen molar-refractivity contribution in [2.75, 3.05) is 6.54 Å². The van der Waals surface area contributed by atoms with E-state index in [1.165, 1.54) is 0 Å². The van der Waals surface area contributed by atoms with Gasteiger partial charge in [-0.25, -0.2) is 0 Å². The van der Waals surface area contributed by atoms with E-state index in [4.69, 9.17) is 11.6 Å². The summed E-state index contributed by atoms with van der Waals surface area (Å²) in [5, 5.41) is 8.76. The summed E-state index contributed by atoms with van der Waals surface area (Å²) in [6.07, 6.45) is 3.97. The summed E-state index contributed by atoms with van der Waals surface area (Å²) in [7, 11) is 0. The fourth-order valence-corrected chi connectivity index (χ4v) is 2.40. The molecule has 0 fully saturated rings. The fraction of sp³-hybridized carbons (Fsp3) is 0.786. The molecule has 1 atom stereocenters. The van der Waals surface area contributed by atoms with Crippen LogP contribution >= 0.6 is 11.6 Å². The van der Waals surface area contributed by atoms with E-state index in [0.29, 0.717) is 0 Å². The van der Waals surface area contributed by atoms with Crippen LogP contribution in [0.1, 0.15) is 59.2 Å². The molecule has 0 saturated heterocycles. The fourth-order valence-electron chi connectivity index (χ4n) is 2.15. The molecule has 0 amide bonds. The van der Waals surface area contributed by atoms with Gasteiger partial charge in [-0.1, -0.05) is 39.3 Å². The number of nitrogens with zero attached hydrogens (tertiary/aromatic N) is 2. The number of rotatable bonds is 7. The molecule has 1 heterocycles. The molecule has 4 heteroatoms. The van der Waals surface area contributed by atoms with Crippen molar-refractivity contribution in [2.45, 2.75) is 60.0 Å². The second kappa shape index (κ2) is 6.58. The summed E-state index contributed by atoms with van der Waals surface area (Å²) in [5.41, 5.74) is 1.28. The lowest BCUT2D eigenvalue weighted by Gasteiger charge is -2.35. The molecule has 1 aromatic rings. The topological polar surface area (TPSA) is 29.9 Å². The van der Waals surface area contributed by atoms with Gasteiger partial charge in [0.25, 0.3) is 0 Å². The van der Waals surface area contributed by atoms with Crippen LogP contribution in [0.15, 0.2) is 6.20 Å². The molecule has 0 aliphatic carbocycles. The third-order valence-corrected chi connectivity index (χ3v) is 3.99. The average Bonchev–Trinajstić information content (AvgIpc) is 2.71. The van der Waals surface area contributed by atoms with Gasteiger partial charge < -0.3 is 5.32 Å². The van der Waals surface area contributed by atoms with Crippen LogP contribution in [-0.4, -0.2) is 16.3 Å². The van der Waals surface area contributed by atoms with E-state index < -0.39 is 0 Å². The van der Waals surface area contributed by atoms with E-state index in [1.54, 1.807) is 6.20 Å². The van der Waals surface area contributed by atoms with Gasteiger partial charge in [0.1, 0.15) is 0 Å². The van der Waals surface area contributed by atoms with Crippen molar-refractivity contribution in [2.24, 2.45) is 5.41 Å². The van der Waals surface area contributed by atoms with Crippen molar-refractivity contribution in [3.8, 4) is 0 Å². The molecule has 18 heavy (non-hydrogen) atoms. The Kier molecular flexibility index (Phi) is 5.67. The first kappa shape index (κ1) is 15.5. The van der Waals surface area contributed by atoms with Crippen molar-refractivity contribution >= 4 is 11.6 Å². The Labute approximate surface area is 116 Å². The predicted octanol–water partition coefficient (Wildman–Crippen LogP) is 4.03. The highest BCUT2D eigenvalue weighted by Crippen LogP contribution is 2.39. The minimum absolute atomic E-state index is 0.158. The lowest BCUT2D eigenvalue weighted by molar-refractivity contribution is 0.224. The van der Waals surface area contributed by atoms with Gasteiger partial charge in [0.2, 0.25) is 0 Å². The summed E-state index contributed by atoms with van der Waals surface area (Å²) in [5.74, 6) is 0. The molecule has 0 aliphatic heterocycles. The number of hydrogen-bond acceptors (Lipinski definition) is 2. The second-order valence-corrected chi connectivity index (χ2v) is 5.83. The molecule has 1 N–H and O–H groups in total. The van der Waals surface area contributed by atoms with Crippen LogP contribution in [0.25, 0.3) is 0 Å². The zero-order valence-corrected chi connectivity index (χ0v) is 13.0. The molecule has 1 unspecified atom stereocenters. The van der Waals surface area contributed by atoms with Gasteiger partial charge in [0, 0.05) is 6.54 Å². The largest absolute Gasteiger partial charge is 0.308 e. The molecule has 0 aromatic carbocycles. The van der Waals surface area contributed by atoms with Crippen molar-refractivity contribution in [3.63, 3.8) is 0 Å². The molecule has 0 bridgehead atoms. The van der Waals surface area contributed by atoms with Crippen LogP contribution in [0.4, 0.5) is 0 Å². The minimum atomic E-state index is 0.158. The number of halogens is 1. The number of aromatic nitrogens is 2. The molecular formula is C14H26ClN3. The molecular weight excluding hydrogens is 246 g/mol. The lowest BCUT2D eigenvalue weighted by atomic mass is 9.80. The summed E-state index contributed by atoms with van der Waals surface area (Å²) < 4.78 is 2.01. The maximum Gasteiger partial charge on any atom is 0.0834 e. The Morgan fingerprint density at radius 1 is 1.39 bits per heavy atom. The van der Waals surface area contributed by atoms with Gasteiger partial charge in [0.15, 0.2) is 0 Å². The van der Waals surface area contributed by atoms with E-state index >= 15 is 0 Å². The summed E-state index contributed by atoms with van der Waals surface area (Å²) >= 11 is 6.34.